The molecule has 0 saturated carbocycles. The van der Waals surface area contributed by atoms with E-state index in [4.69, 9.17) is 4.74 Å². The first-order chi connectivity index (χ1) is 10.8. The number of halogens is 1. The van der Waals surface area contributed by atoms with Gasteiger partial charge in [0.05, 0.1) is 0 Å². The second-order valence-corrected chi connectivity index (χ2v) is 6.15. The molecule has 0 aromatic heterocycles. The molecule has 0 bridgehead atoms. The number of hydrogen-bond donors (Lipinski definition) is 0. The van der Waals surface area contributed by atoms with E-state index in [1.54, 1.807) is 0 Å². The van der Waals surface area contributed by atoms with Gasteiger partial charge in [-0.05, 0) is 23.6 Å². The number of anilines is 1. The molecule has 2 aromatic rings. The van der Waals surface area contributed by atoms with E-state index in [0.29, 0.717) is 18.9 Å². The van der Waals surface area contributed by atoms with Crippen molar-refractivity contribution in [2.24, 2.45) is 5.92 Å². The van der Waals surface area contributed by atoms with Gasteiger partial charge in [0.2, 0.25) is 5.91 Å². The highest BCUT2D eigenvalue weighted by Gasteiger charge is 2.29. The lowest BCUT2D eigenvalue weighted by Crippen LogP contribution is -2.24. The first-order valence-corrected chi connectivity index (χ1v) is 8.51. The third kappa shape index (κ3) is 3.50. The number of ether oxygens (including phenoxy) is 1. The van der Waals surface area contributed by atoms with E-state index < -0.39 is 0 Å². The summed E-state index contributed by atoms with van der Waals surface area (Å²) in [5.41, 5.74) is 2.04. The normalized spacial score (nSPS) is 17.8. The van der Waals surface area contributed by atoms with Crippen LogP contribution >= 0.6 is 15.9 Å². The van der Waals surface area contributed by atoms with Crippen molar-refractivity contribution < 1.29 is 9.53 Å². The van der Waals surface area contributed by atoms with E-state index in [0.717, 1.165) is 28.9 Å². The van der Waals surface area contributed by atoms with E-state index in [-0.39, 0.29) is 5.91 Å². The molecule has 1 aliphatic rings. The molecule has 22 heavy (non-hydrogen) atoms. The highest BCUT2D eigenvalue weighted by Crippen LogP contribution is 2.28. The molecule has 1 atom stereocenters. The summed E-state index contributed by atoms with van der Waals surface area (Å²) in [4.78, 5) is 13.9. The van der Waals surface area contributed by atoms with Gasteiger partial charge in [0.15, 0.2) is 0 Å². The maximum atomic E-state index is 12.1. The van der Waals surface area contributed by atoms with E-state index in [1.807, 2.05) is 59.5 Å². The SMILES string of the molecule is O=C1CC(CBr)CN1c1cccc(OCc2ccccc2)c1. The van der Waals surface area contributed by atoms with Gasteiger partial charge >= 0.3 is 0 Å². The molecule has 4 heteroatoms. The molecule has 3 rings (SSSR count). The molecule has 3 nitrogen and oxygen atoms in total. The van der Waals surface area contributed by atoms with Gasteiger partial charge in [0.1, 0.15) is 12.4 Å². The van der Waals surface area contributed by atoms with Crippen molar-refractivity contribution in [3.8, 4) is 5.75 Å². The average Bonchev–Trinajstić information content (AvgIpc) is 2.95. The molecule has 1 saturated heterocycles. The van der Waals surface area contributed by atoms with Crippen LogP contribution in [-0.4, -0.2) is 17.8 Å². The van der Waals surface area contributed by atoms with Crippen LogP contribution in [0.25, 0.3) is 0 Å². The maximum Gasteiger partial charge on any atom is 0.227 e. The topological polar surface area (TPSA) is 29.5 Å². The smallest absolute Gasteiger partial charge is 0.227 e. The monoisotopic (exact) mass is 359 g/mol. The van der Waals surface area contributed by atoms with Gasteiger partial charge in [-0.25, -0.2) is 0 Å². The van der Waals surface area contributed by atoms with E-state index in [1.165, 1.54) is 0 Å². The molecule has 1 heterocycles. The number of rotatable bonds is 5. The van der Waals surface area contributed by atoms with Crippen LogP contribution in [-0.2, 0) is 11.4 Å². The fourth-order valence-corrected chi connectivity index (χ4v) is 3.05. The summed E-state index contributed by atoms with van der Waals surface area (Å²) in [6.07, 6.45) is 0.611. The lowest BCUT2D eigenvalue weighted by atomic mass is 10.2. The summed E-state index contributed by atoms with van der Waals surface area (Å²) in [5.74, 6) is 1.36. The van der Waals surface area contributed by atoms with Crippen LogP contribution in [0.1, 0.15) is 12.0 Å². The summed E-state index contributed by atoms with van der Waals surface area (Å²) < 4.78 is 5.83. The molecular weight excluding hydrogens is 342 g/mol. The summed E-state index contributed by atoms with van der Waals surface area (Å²) in [6, 6.07) is 17.8. The Balaban J connectivity index is 1.69. The van der Waals surface area contributed by atoms with Crippen LogP contribution in [0, 0.1) is 5.92 Å². The van der Waals surface area contributed by atoms with Crippen molar-refractivity contribution in [2.75, 3.05) is 16.8 Å². The summed E-state index contributed by atoms with van der Waals surface area (Å²) in [7, 11) is 0. The van der Waals surface area contributed by atoms with Crippen LogP contribution in [0.3, 0.4) is 0 Å². The van der Waals surface area contributed by atoms with Gasteiger partial charge < -0.3 is 9.64 Å². The van der Waals surface area contributed by atoms with Gasteiger partial charge in [0.25, 0.3) is 0 Å². The molecule has 2 aromatic carbocycles. The highest BCUT2D eigenvalue weighted by molar-refractivity contribution is 9.09. The zero-order chi connectivity index (χ0) is 15.4. The van der Waals surface area contributed by atoms with Gasteiger partial charge in [0, 0.05) is 30.0 Å². The molecule has 0 aliphatic carbocycles. The Bertz CT molecular complexity index is 645. The second kappa shape index (κ2) is 6.97. The average molecular weight is 360 g/mol. The van der Waals surface area contributed by atoms with Crippen LogP contribution in [0.2, 0.25) is 0 Å². The fraction of sp³-hybridized carbons (Fsp3) is 0.278. The summed E-state index contributed by atoms with van der Waals surface area (Å²) in [5, 5.41) is 0.861. The highest BCUT2D eigenvalue weighted by atomic mass is 79.9. The summed E-state index contributed by atoms with van der Waals surface area (Å²) in [6.45, 7) is 1.30. The number of alkyl halides is 1. The standard InChI is InChI=1S/C18H18BrNO2/c19-11-15-9-18(21)20(12-15)16-7-4-8-17(10-16)22-13-14-5-2-1-3-6-14/h1-8,10,15H,9,11-13H2. The molecule has 1 unspecified atom stereocenters. The molecule has 114 valence electrons. The number of carbonyl (C=O) groups excluding carboxylic acids is 1. The predicted molar refractivity (Wildman–Crippen MR) is 91.5 cm³/mol. The fourth-order valence-electron chi connectivity index (χ4n) is 2.62. The molecule has 1 aliphatic heterocycles. The minimum atomic E-state index is 0.185. The van der Waals surface area contributed by atoms with Gasteiger partial charge in [-0.3, -0.25) is 4.79 Å². The number of amides is 1. The van der Waals surface area contributed by atoms with Gasteiger partial charge in [-0.15, -0.1) is 0 Å². The van der Waals surface area contributed by atoms with E-state index in [9.17, 15) is 4.79 Å². The lowest BCUT2D eigenvalue weighted by Gasteiger charge is -2.17. The molecule has 0 radical (unpaired) electrons. The third-order valence-corrected chi connectivity index (χ3v) is 4.72. The van der Waals surface area contributed by atoms with Gasteiger partial charge in [-0.2, -0.15) is 0 Å². The second-order valence-electron chi connectivity index (χ2n) is 5.50. The van der Waals surface area contributed by atoms with E-state index >= 15 is 0 Å². The predicted octanol–water partition coefficient (Wildman–Crippen LogP) is 4.01. The Morgan fingerprint density at radius 2 is 1.95 bits per heavy atom. The van der Waals surface area contributed by atoms with Crippen LogP contribution < -0.4 is 9.64 Å². The van der Waals surface area contributed by atoms with Crippen molar-refractivity contribution in [3.05, 3.63) is 60.2 Å². The number of hydrogen-bond acceptors (Lipinski definition) is 2. The maximum absolute atomic E-state index is 12.1. The molecular formula is C18H18BrNO2. The minimum absolute atomic E-state index is 0.185. The Kier molecular flexibility index (Phi) is 4.78. The molecule has 1 fully saturated rings. The molecule has 0 spiro atoms. The number of benzene rings is 2. The lowest BCUT2D eigenvalue weighted by molar-refractivity contribution is -0.117. The molecule has 1 amide bonds. The number of nitrogens with zero attached hydrogens (tertiary/aromatic N) is 1. The van der Waals surface area contributed by atoms with Crippen molar-refractivity contribution in [2.45, 2.75) is 13.0 Å². The Labute approximate surface area is 139 Å². The van der Waals surface area contributed by atoms with Crippen molar-refractivity contribution in [1.82, 2.24) is 0 Å². The summed E-state index contributed by atoms with van der Waals surface area (Å²) >= 11 is 3.47. The van der Waals surface area contributed by atoms with Crippen molar-refractivity contribution in [1.29, 1.82) is 0 Å². The molecule has 0 N–H and O–H groups in total. The minimum Gasteiger partial charge on any atom is -0.489 e. The Morgan fingerprint density at radius 1 is 1.14 bits per heavy atom. The van der Waals surface area contributed by atoms with Crippen LogP contribution in [0.4, 0.5) is 5.69 Å². The zero-order valence-corrected chi connectivity index (χ0v) is 13.8. The zero-order valence-electron chi connectivity index (χ0n) is 12.2. The largest absolute Gasteiger partial charge is 0.489 e. The van der Waals surface area contributed by atoms with Gasteiger partial charge in [-0.1, -0.05) is 52.3 Å². The quantitative estimate of drug-likeness (QED) is 0.754. The van der Waals surface area contributed by atoms with Crippen molar-refractivity contribution >= 4 is 27.5 Å². The first kappa shape index (κ1) is 15.1. The van der Waals surface area contributed by atoms with E-state index in [2.05, 4.69) is 15.9 Å². The Hall–Kier alpha value is -1.81. The first-order valence-electron chi connectivity index (χ1n) is 7.39. The van der Waals surface area contributed by atoms with Crippen LogP contribution in [0.5, 0.6) is 5.75 Å². The third-order valence-electron chi connectivity index (χ3n) is 3.80. The Morgan fingerprint density at radius 3 is 2.68 bits per heavy atom. The number of carbonyl (C=O) groups is 1. The van der Waals surface area contributed by atoms with Crippen LogP contribution in [0.15, 0.2) is 54.6 Å². The van der Waals surface area contributed by atoms with Crippen molar-refractivity contribution in [3.63, 3.8) is 0 Å².